The summed E-state index contributed by atoms with van der Waals surface area (Å²) in [6.45, 7) is 6.70. The number of aromatic hydroxyl groups is 1. The normalized spacial score (nSPS) is 11.8. The molecule has 16 nitrogen and oxygen atoms in total. The van der Waals surface area contributed by atoms with E-state index in [0.29, 0.717) is 92.4 Å². The molecule has 0 radical (unpaired) electrons. The van der Waals surface area contributed by atoms with E-state index in [1.165, 1.54) is 12.1 Å². The second-order valence-electron chi connectivity index (χ2n) is 9.94. The van der Waals surface area contributed by atoms with Crippen LogP contribution in [0.5, 0.6) is 5.75 Å². The van der Waals surface area contributed by atoms with Gasteiger partial charge >= 0.3 is 0 Å². The van der Waals surface area contributed by atoms with Crippen LogP contribution >= 0.6 is 0 Å². The van der Waals surface area contributed by atoms with Crippen LogP contribution in [0, 0.1) is 0 Å². The number of carbonyl (C=O) groups excluding carboxylic acids is 3. The summed E-state index contributed by atoms with van der Waals surface area (Å²) in [6, 6.07) is 5.61. The van der Waals surface area contributed by atoms with E-state index in [4.69, 9.17) is 49.4 Å². The number of rotatable bonds is 33. The molecule has 0 saturated heterocycles. The minimum atomic E-state index is -0.826. The molecule has 0 aliphatic carbocycles. The van der Waals surface area contributed by atoms with Crippen molar-refractivity contribution in [3.8, 4) is 5.75 Å². The summed E-state index contributed by atoms with van der Waals surface area (Å²) >= 11 is 0. The summed E-state index contributed by atoms with van der Waals surface area (Å²) in [5.41, 5.74) is 11.1. The van der Waals surface area contributed by atoms with Gasteiger partial charge in [-0.15, -0.1) is 0 Å². The molecule has 1 rings (SSSR count). The lowest BCUT2D eigenvalue weighted by atomic mass is 10.0. The zero-order valence-corrected chi connectivity index (χ0v) is 27.3. The lowest BCUT2D eigenvalue weighted by Crippen LogP contribution is -2.48. The van der Waals surface area contributed by atoms with Gasteiger partial charge in [-0.2, -0.15) is 0 Å². The summed E-state index contributed by atoms with van der Waals surface area (Å²) < 4.78 is 43.0. The van der Waals surface area contributed by atoms with Crippen molar-refractivity contribution in [1.82, 2.24) is 10.6 Å². The zero-order chi connectivity index (χ0) is 34.2. The second kappa shape index (κ2) is 30.4. The minimum Gasteiger partial charge on any atom is -0.508 e. The summed E-state index contributed by atoms with van der Waals surface area (Å²) in [5.74, 6) is -0.982. The Balaban J connectivity index is 2.18. The number of phenolic OH excluding ortho intramolecular Hbond substituents is 1. The molecule has 47 heavy (non-hydrogen) atoms. The van der Waals surface area contributed by atoms with Crippen molar-refractivity contribution in [2.24, 2.45) is 11.5 Å². The highest BCUT2D eigenvalue weighted by Crippen LogP contribution is 2.11. The lowest BCUT2D eigenvalue weighted by molar-refractivity contribution is -0.129. The van der Waals surface area contributed by atoms with Crippen LogP contribution in [0.25, 0.3) is 0 Å². The molecule has 270 valence electrons. The van der Waals surface area contributed by atoms with Crippen molar-refractivity contribution >= 4 is 17.7 Å². The average molecular weight is 675 g/mol. The average Bonchev–Trinajstić information content (AvgIpc) is 3.05. The SMILES string of the molecule is NCCOCCOCCOCCOCCC(=O)NC(Cc1ccc(O)cc1)C(=O)NCCOCCOCCOCCOCCC(N)=O. The van der Waals surface area contributed by atoms with Gasteiger partial charge in [-0.1, -0.05) is 12.1 Å². The number of hydrogen-bond donors (Lipinski definition) is 5. The minimum absolute atomic E-state index is 0.0736. The molecule has 7 N–H and O–H groups in total. The molecule has 0 heterocycles. The highest BCUT2D eigenvalue weighted by molar-refractivity contribution is 5.87. The smallest absolute Gasteiger partial charge is 0.243 e. The molecule has 1 aromatic carbocycles. The molecule has 0 bridgehead atoms. The molecule has 0 aliphatic rings. The number of nitrogens with one attached hydrogen (secondary N) is 2. The van der Waals surface area contributed by atoms with E-state index in [-0.39, 0.29) is 63.2 Å². The van der Waals surface area contributed by atoms with Gasteiger partial charge in [-0.05, 0) is 17.7 Å². The Labute approximate surface area is 277 Å². The van der Waals surface area contributed by atoms with Crippen LogP contribution in [0.2, 0.25) is 0 Å². The van der Waals surface area contributed by atoms with Gasteiger partial charge < -0.3 is 65.1 Å². The summed E-state index contributed by atoms with van der Waals surface area (Å²) in [5, 5.41) is 15.1. The molecule has 0 spiro atoms. The maximum absolute atomic E-state index is 12.9. The number of nitrogens with two attached hydrogens (primary N) is 2. The highest BCUT2D eigenvalue weighted by Gasteiger charge is 2.21. The largest absolute Gasteiger partial charge is 0.508 e. The molecule has 0 saturated carbocycles. The maximum atomic E-state index is 12.9. The van der Waals surface area contributed by atoms with Crippen molar-refractivity contribution in [3.05, 3.63) is 29.8 Å². The van der Waals surface area contributed by atoms with Gasteiger partial charge in [0.25, 0.3) is 0 Å². The molecule has 1 atom stereocenters. The summed E-state index contributed by atoms with van der Waals surface area (Å²) in [7, 11) is 0. The molecule has 1 aromatic rings. The Morgan fingerprint density at radius 2 is 1.04 bits per heavy atom. The van der Waals surface area contributed by atoms with Crippen LogP contribution in [0.4, 0.5) is 0 Å². The first-order valence-electron chi connectivity index (χ1n) is 15.9. The number of hydrogen-bond acceptors (Lipinski definition) is 13. The van der Waals surface area contributed by atoms with Crippen LogP contribution in [0.3, 0.4) is 0 Å². The van der Waals surface area contributed by atoms with Crippen molar-refractivity contribution < 1.29 is 57.4 Å². The standard InChI is InChI=1S/C31H54N4O12/c32-7-11-42-15-19-46-23-21-45-18-14-41-10-6-30(38)35-28(25-26-1-3-27(36)4-2-26)31(39)34-8-12-43-16-20-47-24-22-44-17-13-40-9-5-29(33)37/h1-4,28,36H,5-25,32H2,(H2,33,37)(H,34,39)(H,35,38). The Hall–Kier alpha value is -2.93. The molecule has 0 aliphatic heterocycles. The summed E-state index contributed by atoms with van der Waals surface area (Å²) in [4.78, 5) is 36.1. The third kappa shape index (κ3) is 26.8. The van der Waals surface area contributed by atoms with E-state index in [9.17, 15) is 19.5 Å². The Morgan fingerprint density at radius 1 is 0.617 bits per heavy atom. The van der Waals surface area contributed by atoms with Gasteiger partial charge in [0.2, 0.25) is 17.7 Å². The molecule has 16 heteroatoms. The van der Waals surface area contributed by atoms with Crippen molar-refractivity contribution in [2.45, 2.75) is 25.3 Å². The molecule has 0 fully saturated rings. The van der Waals surface area contributed by atoms with Crippen LogP contribution in [0.15, 0.2) is 24.3 Å². The Kier molecular flexibility index (Phi) is 27.2. The molecule has 1 unspecified atom stereocenters. The summed E-state index contributed by atoms with van der Waals surface area (Å²) in [6.07, 6.45) is 0.498. The predicted octanol–water partition coefficient (Wildman–Crippen LogP) is -1.11. The van der Waals surface area contributed by atoms with Crippen molar-refractivity contribution in [1.29, 1.82) is 0 Å². The molecular formula is C31H54N4O12. The van der Waals surface area contributed by atoms with Crippen molar-refractivity contribution in [3.63, 3.8) is 0 Å². The number of amides is 3. The number of primary amides is 1. The van der Waals surface area contributed by atoms with E-state index in [1.807, 2.05) is 0 Å². The lowest BCUT2D eigenvalue weighted by Gasteiger charge is -2.19. The van der Waals surface area contributed by atoms with E-state index in [2.05, 4.69) is 10.6 Å². The Bertz CT molecular complexity index is 926. The van der Waals surface area contributed by atoms with E-state index in [1.54, 1.807) is 12.1 Å². The third-order valence-corrected chi connectivity index (χ3v) is 6.03. The Morgan fingerprint density at radius 3 is 1.51 bits per heavy atom. The number of carbonyl (C=O) groups is 3. The monoisotopic (exact) mass is 674 g/mol. The zero-order valence-electron chi connectivity index (χ0n) is 27.3. The van der Waals surface area contributed by atoms with Crippen LogP contribution in [-0.4, -0.2) is 148 Å². The van der Waals surface area contributed by atoms with Gasteiger partial charge in [-0.3, -0.25) is 14.4 Å². The van der Waals surface area contributed by atoms with Gasteiger partial charge in [-0.25, -0.2) is 0 Å². The topological polar surface area (TPSA) is 221 Å². The van der Waals surface area contributed by atoms with Gasteiger partial charge in [0.15, 0.2) is 0 Å². The molecular weight excluding hydrogens is 620 g/mol. The highest BCUT2D eigenvalue weighted by atomic mass is 16.6. The molecule has 3 amide bonds. The quantitative estimate of drug-likeness (QED) is 0.0559. The third-order valence-electron chi connectivity index (χ3n) is 6.03. The number of phenols is 1. The van der Waals surface area contributed by atoms with E-state index in [0.717, 1.165) is 5.56 Å². The number of ether oxygens (including phenoxy) is 8. The van der Waals surface area contributed by atoms with Gasteiger partial charge in [0.05, 0.1) is 106 Å². The maximum Gasteiger partial charge on any atom is 0.243 e. The molecule has 0 aromatic heterocycles. The van der Waals surface area contributed by atoms with E-state index < -0.39 is 11.9 Å². The van der Waals surface area contributed by atoms with Crippen LogP contribution < -0.4 is 22.1 Å². The first-order valence-corrected chi connectivity index (χ1v) is 15.9. The fourth-order valence-corrected chi connectivity index (χ4v) is 3.66. The fourth-order valence-electron chi connectivity index (χ4n) is 3.66. The fraction of sp³-hybridized carbons (Fsp3) is 0.710. The van der Waals surface area contributed by atoms with E-state index >= 15 is 0 Å². The predicted molar refractivity (Wildman–Crippen MR) is 171 cm³/mol. The van der Waals surface area contributed by atoms with Gasteiger partial charge in [0.1, 0.15) is 11.8 Å². The first kappa shape index (κ1) is 42.1. The first-order chi connectivity index (χ1) is 22.9. The number of benzene rings is 1. The van der Waals surface area contributed by atoms with Crippen LogP contribution in [-0.2, 0) is 58.7 Å². The van der Waals surface area contributed by atoms with Gasteiger partial charge in [0, 0.05) is 32.4 Å². The van der Waals surface area contributed by atoms with Crippen molar-refractivity contribution in [2.75, 3.05) is 119 Å². The second-order valence-corrected chi connectivity index (χ2v) is 9.94. The van der Waals surface area contributed by atoms with Crippen LogP contribution in [0.1, 0.15) is 18.4 Å².